The molecule has 4 nitrogen and oxygen atoms in total. The van der Waals surface area contributed by atoms with Crippen molar-refractivity contribution in [1.29, 1.82) is 0 Å². The predicted molar refractivity (Wildman–Crippen MR) is 85.0 cm³/mol. The third kappa shape index (κ3) is 6.92. The van der Waals surface area contributed by atoms with E-state index in [-0.39, 0.29) is 30.3 Å². The molecule has 8 heteroatoms. The molecule has 1 rings (SSSR count). The van der Waals surface area contributed by atoms with Crippen molar-refractivity contribution < 1.29 is 22.7 Å². The maximum Gasteiger partial charge on any atom is 0.416 e. The highest BCUT2D eigenvalue weighted by Crippen LogP contribution is 2.32. The first-order valence-electron chi connectivity index (χ1n) is 6.83. The lowest BCUT2D eigenvalue weighted by molar-refractivity contribution is -0.137. The molecule has 0 bridgehead atoms. The Kier molecular flexibility index (Phi) is 9.36. The van der Waals surface area contributed by atoms with Crippen LogP contribution < -0.4 is 15.8 Å². The molecule has 0 saturated heterocycles. The molecule has 0 heterocycles. The molecule has 3 N–H and O–H groups in total. The van der Waals surface area contributed by atoms with Crippen molar-refractivity contribution in [3.8, 4) is 5.75 Å². The normalized spacial score (nSPS) is 10.6. The van der Waals surface area contributed by atoms with Gasteiger partial charge in [0.25, 0.3) is 5.91 Å². The zero-order chi connectivity index (χ0) is 16.6. The standard InChI is InChI=1S/C15H19F3N2O2.ClH/c1-2-9-22-13-6-5-11(15(16,17)18)10-12(13)14(21)20-8-4-3-7-19;/h2,5-6,10H,1,3-4,7-9,19H2,(H,20,21);1H. The number of alkyl halides is 3. The van der Waals surface area contributed by atoms with Gasteiger partial charge in [-0.05, 0) is 37.6 Å². The van der Waals surface area contributed by atoms with Crippen molar-refractivity contribution in [3.63, 3.8) is 0 Å². The van der Waals surface area contributed by atoms with Gasteiger partial charge in [0.15, 0.2) is 0 Å². The lowest BCUT2D eigenvalue weighted by Crippen LogP contribution is -2.26. The highest BCUT2D eigenvalue weighted by molar-refractivity contribution is 5.97. The molecule has 130 valence electrons. The highest BCUT2D eigenvalue weighted by atomic mass is 35.5. The summed E-state index contributed by atoms with van der Waals surface area (Å²) in [6, 6.07) is 2.81. The Bertz CT molecular complexity index is 522. The summed E-state index contributed by atoms with van der Waals surface area (Å²) in [6.07, 6.45) is -1.70. The van der Waals surface area contributed by atoms with Gasteiger partial charge in [-0.15, -0.1) is 12.4 Å². The third-order valence-electron chi connectivity index (χ3n) is 2.82. The van der Waals surface area contributed by atoms with Gasteiger partial charge in [0, 0.05) is 6.54 Å². The van der Waals surface area contributed by atoms with E-state index in [0.717, 1.165) is 24.6 Å². The summed E-state index contributed by atoms with van der Waals surface area (Å²) in [4.78, 5) is 12.1. The molecule has 0 aliphatic carbocycles. The van der Waals surface area contributed by atoms with E-state index in [9.17, 15) is 18.0 Å². The average molecular weight is 353 g/mol. The Morgan fingerprint density at radius 2 is 2.04 bits per heavy atom. The summed E-state index contributed by atoms with van der Waals surface area (Å²) >= 11 is 0. The van der Waals surface area contributed by atoms with Crippen LogP contribution in [0.1, 0.15) is 28.8 Å². The SMILES string of the molecule is C=CCOc1ccc(C(F)(F)F)cc1C(=O)NCCCCN.Cl. The number of nitrogens with two attached hydrogens (primary N) is 1. The van der Waals surface area contributed by atoms with Gasteiger partial charge >= 0.3 is 6.18 Å². The Balaban J connectivity index is 0.00000484. The maximum absolute atomic E-state index is 12.8. The summed E-state index contributed by atoms with van der Waals surface area (Å²) in [5, 5.41) is 2.56. The summed E-state index contributed by atoms with van der Waals surface area (Å²) in [6.45, 7) is 4.39. The Morgan fingerprint density at radius 1 is 1.35 bits per heavy atom. The van der Waals surface area contributed by atoms with Crippen molar-refractivity contribution in [2.45, 2.75) is 19.0 Å². The molecule has 0 fully saturated rings. The molecule has 1 amide bonds. The number of amides is 1. The molecule has 1 aromatic carbocycles. The highest BCUT2D eigenvalue weighted by Gasteiger charge is 2.32. The van der Waals surface area contributed by atoms with Crippen LogP contribution in [0.15, 0.2) is 30.9 Å². The summed E-state index contributed by atoms with van der Waals surface area (Å²) in [5.74, 6) is -0.522. The number of ether oxygens (including phenoxy) is 1. The third-order valence-corrected chi connectivity index (χ3v) is 2.82. The van der Waals surface area contributed by atoms with Crippen LogP contribution in [-0.4, -0.2) is 25.6 Å². The topological polar surface area (TPSA) is 64.3 Å². The number of hydrogen-bond acceptors (Lipinski definition) is 3. The van der Waals surface area contributed by atoms with Crippen LogP contribution in [0.4, 0.5) is 13.2 Å². The minimum absolute atomic E-state index is 0. The second-order valence-corrected chi connectivity index (χ2v) is 4.56. The molecule has 23 heavy (non-hydrogen) atoms. The molecule has 0 unspecified atom stereocenters. The van der Waals surface area contributed by atoms with E-state index in [0.29, 0.717) is 19.5 Å². The number of nitrogens with one attached hydrogen (secondary N) is 1. The number of unbranched alkanes of at least 4 members (excludes halogenated alkanes) is 1. The smallest absolute Gasteiger partial charge is 0.416 e. The quantitative estimate of drug-likeness (QED) is 0.558. The van der Waals surface area contributed by atoms with E-state index in [2.05, 4.69) is 11.9 Å². The maximum atomic E-state index is 12.8. The van der Waals surface area contributed by atoms with Gasteiger partial charge in [0.2, 0.25) is 0 Å². The van der Waals surface area contributed by atoms with Gasteiger partial charge in [0.05, 0.1) is 11.1 Å². The van der Waals surface area contributed by atoms with E-state index in [4.69, 9.17) is 10.5 Å². The minimum Gasteiger partial charge on any atom is -0.489 e. The fourth-order valence-corrected chi connectivity index (χ4v) is 1.72. The summed E-state index contributed by atoms with van der Waals surface area (Å²) in [7, 11) is 0. The largest absolute Gasteiger partial charge is 0.489 e. The van der Waals surface area contributed by atoms with Crippen LogP contribution in [0, 0.1) is 0 Å². The summed E-state index contributed by atoms with van der Waals surface area (Å²) in [5.41, 5.74) is 4.29. The van der Waals surface area contributed by atoms with Gasteiger partial charge in [-0.2, -0.15) is 13.2 Å². The van der Waals surface area contributed by atoms with Gasteiger partial charge in [0.1, 0.15) is 12.4 Å². The number of carbonyl (C=O) groups is 1. The number of halogens is 4. The number of hydrogen-bond donors (Lipinski definition) is 2. The zero-order valence-electron chi connectivity index (χ0n) is 12.5. The Hall–Kier alpha value is -1.73. The predicted octanol–water partition coefficient (Wildman–Crippen LogP) is 3.16. The molecule has 0 aliphatic heterocycles. The van der Waals surface area contributed by atoms with Crippen LogP contribution >= 0.6 is 12.4 Å². The molecular weight excluding hydrogens is 333 g/mol. The van der Waals surface area contributed by atoms with E-state index < -0.39 is 17.6 Å². The molecule has 0 saturated carbocycles. The molecule has 1 aromatic rings. The van der Waals surface area contributed by atoms with Crippen LogP contribution in [0.3, 0.4) is 0 Å². The van der Waals surface area contributed by atoms with Crippen molar-refractivity contribution in [2.24, 2.45) is 5.73 Å². The summed E-state index contributed by atoms with van der Waals surface area (Å²) < 4.78 is 43.5. The Labute approximate surface area is 139 Å². The fourth-order valence-electron chi connectivity index (χ4n) is 1.72. The van der Waals surface area contributed by atoms with Crippen LogP contribution in [0.25, 0.3) is 0 Å². The fraction of sp³-hybridized carbons (Fsp3) is 0.400. The number of benzene rings is 1. The molecule has 0 aliphatic rings. The van der Waals surface area contributed by atoms with Crippen LogP contribution in [0.2, 0.25) is 0 Å². The average Bonchev–Trinajstić information content (AvgIpc) is 2.48. The van der Waals surface area contributed by atoms with Crippen LogP contribution in [-0.2, 0) is 6.18 Å². The van der Waals surface area contributed by atoms with E-state index in [1.165, 1.54) is 6.08 Å². The number of carbonyl (C=O) groups excluding carboxylic acids is 1. The van der Waals surface area contributed by atoms with Crippen molar-refractivity contribution >= 4 is 18.3 Å². The lowest BCUT2D eigenvalue weighted by atomic mass is 10.1. The lowest BCUT2D eigenvalue weighted by Gasteiger charge is -2.14. The van der Waals surface area contributed by atoms with Crippen molar-refractivity contribution in [3.05, 3.63) is 42.0 Å². The second kappa shape index (κ2) is 10.1. The zero-order valence-corrected chi connectivity index (χ0v) is 13.3. The minimum atomic E-state index is -4.52. The van der Waals surface area contributed by atoms with E-state index >= 15 is 0 Å². The van der Waals surface area contributed by atoms with E-state index in [1.807, 2.05) is 0 Å². The molecular formula is C15H20ClF3N2O2. The van der Waals surface area contributed by atoms with Crippen molar-refractivity contribution in [1.82, 2.24) is 5.32 Å². The molecule has 0 aromatic heterocycles. The van der Waals surface area contributed by atoms with Crippen molar-refractivity contribution in [2.75, 3.05) is 19.7 Å². The number of rotatable bonds is 8. The van der Waals surface area contributed by atoms with Gasteiger partial charge in [-0.1, -0.05) is 12.7 Å². The molecule has 0 spiro atoms. The van der Waals surface area contributed by atoms with Crippen LogP contribution in [0.5, 0.6) is 5.75 Å². The first-order chi connectivity index (χ1) is 10.4. The van der Waals surface area contributed by atoms with Gasteiger partial charge in [-0.25, -0.2) is 0 Å². The van der Waals surface area contributed by atoms with Gasteiger partial charge in [-0.3, -0.25) is 4.79 Å². The van der Waals surface area contributed by atoms with Gasteiger partial charge < -0.3 is 15.8 Å². The second-order valence-electron chi connectivity index (χ2n) is 4.56. The first kappa shape index (κ1) is 21.3. The molecule has 0 radical (unpaired) electrons. The first-order valence-corrected chi connectivity index (χ1v) is 6.83. The van der Waals surface area contributed by atoms with E-state index in [1.54, 1.807) is 0 Å². The monoisotopic (exact) mass is 352 g/mol. The molecule has 0 atom stereocenters. The Morgan fingerprint density at radius 3 is 2.61 bits per heavy atom.